The molecule has 6 heteroatoms. The van der Waals surface area contributed by atoms with Gasteiger partial charge in [0.2, 0.25) is 0 Å². The van der Waals surface area contributed by atoms with Gasteiger partial charge in [0.05, 0.1) is 16.3 Å². The minimum absolute atomic E-state index is 0.436. The third kappa shape index (κ3) is 4.62. The Kier molecular flexibility index (Phi) is 5.64. The van der Waals surface area contributed by atoms with Crippen LogP contribution in [-0.4, -0.2) is 28.5 Å². The van der Waals surface area contributed by atoms with E-state index in [0.717, 1.165) is 40.2 Å². The van der Waals surface area contributed by atoms with Gasteiger partial charge in [-0.25, -0.2) is 4.98 Å². The summed E-state index contributed by atoms with van der Waals surface area (Å²) in [6, 6.07) is 17.3. The molecule has 0 radical (unpaired) electrons. The van der Waals surface area contributed by atoms with Crippen LogP contribution in [0.1, 0.15) is 19.4 Å². The third-order valence-corrected chi connectivity index (χ3v) is 6.62. The van der Waals surface area contributed by atoms with E-state index in [1.165, 1.54) is 10.3 Å². The van der Waals surface area contributed by atoms with Gasteiger partial charge in [-0.2, -0.15) is 0 Å². The number of fused-ring (bicyclic) bond motifs is 1. The van der Waals surface area contributed by atoms with Gasteiger partial charge in [-0.05, 0) is 42.2 Å². The number of thioether (sulfide) groups is 1. The van der Waals surface area contributed by atoms with Crippen LogP contribution in [0.5, 0.6) is 0 Å². The highest BCUT2D eigenvalue weighted by Crippen LogP contribution is 2.26. The van der Waals surface area contributed by atoms with Gasteiger partial charge in [0.1, 0.15) is 0 Å². The highest BCUT2D eigenvalue weighted by molar-refractivity contribution is 8.14. The molecule has 0 saturated heterocycles. The third-order valence-electron chi connectivity index (χ3n) is 4.63. The molecule has 0 bridgehead atoms. The smallest absolute Gasteiger partial charge is 0.183 e. The molecule has 0 aliphatic carbocycles. The molecule has 0 fully saturated rings. The minimum Gasteiger partial charge on any atom is -0.361 e. The zero-order valence-electron chi connectivity index (χ0n) is 15.6. The second-order valence-electron chi connectivity index (χ2n) is 7.04. The second kappa shape index (κ2) is 8.31. The zero-order valence-corrected chi connectivity index (χ0v) is 17.2. The van der Waals surface area contributed by atoms with Crippen molar-refractivity contribution >= 4 is 49.3 Å². The second-order valence-corrected chi connectivity index (χ2v) is 9.08. The molecule has 0 saturated carbocycles. The molecule has 4 nitrogen and oxygen atoms in total. The Labute approximate surface area is 168 Å². The van der Waals surface area contributed by atoms with Crippen LogP contribution in [0.25, 0.3) is 10.2 Å². The molecule has 140 valence electrons. The maximum absolute atomic E-state index is 4.76. The van der Waals surface area contributed by atoms with E-state index in [0.29, 0.717) is 12.0 Å². The number of aromatic nitrogens is 1. The first-order valence-corrected chi connectivity index (χ1v) is 11.1. The van der Waals surface area contributed by atoms with Gasteiger partial charge >= 0.3 is 0 Å². The monoisotopic (exact) mass is 396 g/mol. The van der Waals surface area contributed by atoms with Crippen molar-refractivity contribution in [3.05, 3.63) is 54.1 Å². The van der Waals surface area contributed by atoms with Crippen molar-refractivity contribution in [2.45, 2.75) is 26.3 Å². The predicted octanol–water partition coefficient (Wildman–Crippen LogP) is 5.49. The number of hydrogen-bond donors (Lipinski definition) is 2. The van der Waals surface area contributed by atoms with Gasteiger partial charge in [0.15, 0.2) is 10.3 Å². The maximum atomic E-state index is 4.76. The molecule has 2 heterocycles. The average molecular weight is 397 g/mol. The normalized spacial score (nSPS) is 16.7. The summed E-state index contributed by atoms with van der Waals surface area (Å²) in [5, 5.41) is 8.91. The predicted molar refractivity (Wildman–Crippen MR) is 120 cm³/mol. The van der Waals surface area contributed by atoms with E-state index in [-0.39, 0.29) is 0 Å². The fourth-order valence-electron chi connectivity index (χ4n) is 2.94. The fraction of sp³-hybridized carbons (Fsp3) is 0.333. The number of anilines is 2. The van der Waals surface area contributed by atoms with Crippen molar-refractivity contribution < 1.29 is 0 Å². The molecular weight excluding hydrogens is 372 g/mol. The van der Waals surface area contributed by atoms with Crippen molar-refractivity contribution in [2.75, 3.05) is 22.9 Å². The van der Waals surface area contributed by atoms with Gasteiger partial charge in [-0.15, -0.1) is 0 Å². The topological polar surface area (TPSA) is 49.3 Å². The van der Waals surface area contributed by atoms with E-state index in [4.69, 9.17) is 4.99 Å². The van der Waals surface area contributed by atoms with Crippen molar-refractivity contribution in [3.8, 4) is 0 Å². The lowest BCUT2D eigenvalue weighted by Gasteiger charge is -2.08. The maximum Gasteiger partial charge on any atom is 0.183 e. The summed E-state index contributed by atoms with van der Waals surface area (Å²) in [5.74, 6) is 1.68. The SMILES string of the molecule is CC(C)[C@H]1CSC(Nc2ccc(CCNc3nc4ccccc4s3)cc2)=N1. The van der Waals surface area contributed by atoms with E-state index in [1.54, 1.807) is 11.3 Å². The molecule has 3 aromatic rings. The molecule has 0 unspecified atom stereocenters. The Morgan fingerprint density at radius 2 is 1.93 bits per heavy atom. The van der Waals surface area contributed by atoms with Gasteiger partial charge in [-0.1, -0.05) is 61.2 Å². The summed E-state index contributed by atoms with van der Waals surface area (Å²) in [6.07, 6.45) is 0.974. The van der Waals surface area contributed by atoms with Crippen LogP contribution in [0, 0.1) is 5.92 Å². The Hall–Kier alpha value is -2.05. The number of aliphatic imine (C=N–C) groups is 1. The Bertz CT molecular complexity index is 898. The van der Waals surface area contributed by atoms with Crippen molar-refractivity contribution in [1.82, 2.24) is 4.98 Å². The number of nitrogens with zero attached hydrogens (tertiary/aromatic N) is 2. The van der Waals surface area contributed by atoms with E-state index in [2.05, 4.69) is 71.9 Å². The number of nitrogens with one attached hydrogen (secondary N) is 2. The van der Waals surface area contributed by atoms with E-state index in [1.807, 2.05) is 17.8 Å². The van der Waals surface area contributed by atoms with E-state index >= 15 is 0 Å². The van der Waals surface area contributed by atoms with E-state index < -0.39 is 0 Å². The zero-order chi connectivity index (χ0) is 18.6. The summed E-state index contributed by atoms with van der Waals surface area (Å²) < 4.78 is 1.22. The molecule has 1 aliphatic heterocycles. The standard InChI is InChI=1S/C21H24N4S2/c1-14(2)18-13-26-21(25-18)23-16-9-7-15(8-10-16)11-12-22-20-24-17-5-3-4-6-19(17)27-20/h3-10,14,18H,11-13H2,1-2H3,(H,22,24)(H,23,25)/t18-/m1/s1. The lowest BCUT2D eigenvalue weighted by Crippen LogP contribution is -2.12. The quantitative estimate of drug-likeness (QED) is 0.578. The molecule has 2 aromatic carbocycles. The molecule has 1 aliphatic rings. The van der Waals surface area contributed by atoms with Crippen LogP contribution < -0.4 is 10.6 Å². The first kappa shape index (κ1) is 18.3. The molecule has 1 aromatic heterocycles. The van der Waals surface area contributed by atoms with Crippen molar-refractivity contribution in [2.24, 2.45) is 10.9 Å². The van der Waals surface area contributed by atoms with Gasteiger partial charge in [0.25, 0.3) is 0 Å². The first-order chi connectivity index (χ1) is 13.2. The molecular formula is C21H24N4S2. The summed E-state index contributed by atoms with van der Waals surface area (Å²) in [4.78, 5) is 9.37. The number of thiazole rings is 1. The number of para-hydroxylation sites is 1. The summed E-state index contributed by atoms with van der Waals surface area (Å²) in [6.45, 7) is 5.34. The molecule has 27 heavy (non-hydrogen) atoms. The number of rotatable bonds is 6. The number of amidine groups is 1. The number of hydrogen-bond acceptors (Lipinski definition) is 6. The summed E-state index contributed by atoms with van der Waals surface area (Å²) in [5.41, 5.74) is 3.48. The first-order valence-electron chi connectivity index (χ1n) is 9.33. The van der Waals surface area contributed by atoms with Gasteiger partial charge < -0.3 is 10.6 Å². The van der Waals surface area contributed by atoms with Crippen LogP contribution in [0.15, 0.2) is 53.5 Å². The summed E-state index contributed by atoms with van der Waals surface area (Å²) in [7, 11) is 0. The minimum atomic E-state index is 0.436. The highest BCUT2D eigenvalue weighted by Gasteiger charge is 2.20. The van der Waals surface area contributed by atoms with Crippen molar-refractivity contribution in [3.63, 3.8) is 0 Å². The largest absolute Gasteiger partial charge is 0.361 e. The van der Waals surface area contributed by atoms with Gasteiger partial charge in [-0.3, -0.25) is 4.99 Å². The lowest BCUT2D eigenvalue weighted by atomic mass is 10.1. The Morgan fingerprint density at radius 3 is 2.67 bits per heavy atom. The van der Waals surface area contributed by atoms with E-state index in [9.17, 15) is 0 Å². The molecule has 1 atom stereocenters. The van der Waals surface area contributed by atoms with Crippen LogP contribution in [0.3, 0.4) is 0 Å². The molecule has 0 amide bonds. The number of benzene rings is 2. The van der Waals surface area contributed by atoms with Gasteiger partial charge in [0, 0.05) is 18.0 Å². The highest BCUT2D eigenvalue weighted by atomic mass is 32.2. The summed E-state index contributed by atoms with van der Waals surface area (Å²) >= 11 is 3.52. The van der Waals surface area contributed by atoms with Crippen LogP contribution in [0.2, 0.25) is 0 Å². The molecule has 0 spiro atoms. The van der Waals surface area contributed by atoms with Crippen LogP contribution >= 0.6 is 23.1 Å². The fourth-order valence-corrected chi connectivity index (χ4v) is 5.02. The Morgan fingerprint density at radius 1 is 1.11 bits per heavy atom. The lowest BCUT2D eigenvalue weighted by molar-refractivity contribution is 0.543. The molecule has 2 N–H and O–H groups in total. The van der Waals surface area contributed by atoms with Crippen LogP contribution in [0.4, 0.5) is 10.8 Å². The molecule has 4 rings (SSSR count). The van der Waals surface area contributed by atoms with Crippen molar-refractivity contribution in [1.29, 1.82) is 0 Å². The Balaban J connectivity index is 1.28. The van der Waals surface area contributed by atoms with Crippen LogP contribution in [-0.2, 0) is 6.42 Å². The average Bonchev–Trinajstić information content (AvgIpc) is 3.29.